The number of aryl methyl sites for hydroxylation is 2. The molecule has 0 fully saturated rings. The number of rotatable bonds is 15. The van der Waals surface area contributed by atoms with E-state index in [-0.39, 0.29) is 34.5 Å². The van der Waals surface area contributed by atoms with Gasteiger partial charge in [0, 0.05) is 19.5 Å². The number of unbranched alkanes of at least 4 members (excludes halogenated alkanes) is 1. The number of hydrogen-bond acceptors (Lipinski definition) is 5. The van der Waals surface area contributed by atoms with Crippen molar-refractivity contribution < 1.29 is 22.7 Å². The lowest BCUT2D eigenvalue weighted by atomic mass is 10.0. The maximum atomic E-state index is 14.6. The lowest BCUT2D eigenvalue weighted by Crippen LogP contribution is -2.53. The van der Waals surface area contributed by atoms with Crippen LogP contribution in [0.3, 0.4) is 0 Å². The van der Waals surface area contributed by atoms with Gasteiger partial charge in [-0.25, -0.2) is 8.42 Å². The largest absolute Gasteiger partial charge is 0.495 e. The van der Waals surface area contributed by atoms with Crippen LogP contribution in [0.4, 0.5) is 5.69 Å². The molecule has 0 aliphatic carbocycles. The summed E-state index contributed by atoms with van der Waals surface area (Å²) in [5.41, 5.74) is 3.81. The van der Waals surface area contributed by atoms with Crippen LogP contribution in [0.2, 0.25) is 5.02 Å². The topological polar surface area (TPSA) is 96.0 Å². The highest BCUT2D eigenvalue weighted by Gasteiger charge is 2.34. The van der Waals surface area contributed by atoms with Crippen LogP contribution in [0.1, 0.15) is 42.0 Å². The molecule has 2 amide bonds. The van der Waals surface area contributed by atoms with E-state index in [2.05, 4.69) is 5.32 Å². The minimum absolute atomic E-state index is 0.0195. The summed E-state index contributed by atoms with van der Waals surface area (Å²) in [6, 6.07) is 27.3. The minimum Gasteiger partial charge on any atom is -0.495 e. The number of carbonyl (C=O) groups is 2. The number of nitrogens with one attached hydrogen (secondary N) is 1. The molecular formula is C37H42ClN3O5S. The van der Waals surface area contributed by atoms with Gasteiger partial charge in [0.05, 0.1) is 22.7 Å². The summed E-state index contributed by atoms with van der Waals surface area (Å²) in [4.78, 5) is 30.0. The van der Waals surface area contributed by atoms with Crippen LogP contribution in [0.5, 0.6) is 5.75 Å². The van der Waals surface area contributed by atoms with E-state index in [4.69, 9.17) is 16.3 Å². The number of methoxy groups -OCH3 is 1. The Kier molecular flexibility index (Phi) is 12.4. The Labute approximate surface area is 283 Å². The first kappa shape index (κ1) is 35.5. The van der Waals surface area contributed by atoms with E-state index in [9.17, 15) is 18.0 Å². The van der Waals surface area contributed by atoms with E-state index in [1.807, 2.05) is 75.4 Å². The summed E-state index contributed by atoms with van der Waals surface area (Å²) >= 11 is 6.46. The summed E-state index contributed by atoms with van der Waals surface area (Å²) in [6.45, 7) is 5.86. The third kappa shape index (κ3) is 9.36. The maximum absolute atomic E-state index is 14.6. The van der Waals surface area contributed by atoms with Crippen molar-refractivity contribution in [1.29, 1.82) is 0 Å². The smallest absolute Gasteiger partial charge is 0.264 e. The van der Waals surface area contributed by atoms with Gasteiger partial charge in [-0.15, -0.1) is 0 Å². The van der Waals surface area contributed by atoms with Gasteiger partial charge in [0.15, 0.2) is 0 Å². The van der Waals surface area contributed by atoms with E-state index in [1.165, 1.54) is 30.2 Å². The molecule has 1 unspecified atom stereocenters. The van der Waals surface area contributed by atoms with E-state index in [0.29, 0.717) is 12.3 Å². The van der Waals surface area contributed by atoms with Crippen LogP contribution in [-0.2, 0) is 32.6 Å². The second-order valence-electron chi connectivity index (χ2n) is 11.5. The molecule has 10 heteroatoms. The van der Waals surface area contributed by atoms with E-state index in [1.54, 1.807) is 24.3 Å². The number of nitrogens with zero attached hydrogens (tertiary/aromatic N) is 2. The van der Waals surface area contributed by atoms with Crippen molar-refractivity contribution in [2.24, 2.45) is 0 Å². The molecule has 0 aliphatic rings. The van der Waals surface area contributed by atoms with Crippen LogP contribution in [0, 0.1) is 13.8 Å². The second kappa shape index (κ2) is 16.5. The molecule has 4 aromatic carbocycles. The number of ether oxygens (including phenoxy) is 1. The second-order valence-corrected chi connectivity index (χ2v) is 13.8. The molecule has 0 saturated heterocycles. The van der Waals surface area contributed by atoms with Gasteiger partial charge < -0.3 is 15.0 Å². The Morgan fingerprint density at radius 1 is 0.872 bits per heavy atom. The van der Waals surface area contributed by atoms with Crippen LogP contribution < -0.4 is 14.4 Å². The summed E-state index contributed by atoms with van der Waals surface area (Å²) in [5.74, 6) is -0.481. The first-order valence-corrected chi connectivity index (χ1v) is 17.4. The lowest BCUT2D eigenvalue weighted by molar-refractivity contribution is -0.140. The molecule has 248 valence electrons. The molecule has 4 rings (SSSR count). The van der Waals surface area contributed by atoms with Crippen molar-refractivity contribution in [3.63, 3.8) is 0 Å². The summed E-state index contributed by atoms with van der Waals surface area (Å²) in [7, 11) is -2.79. The Morgan fingerprint density at radius 3 is 2.11 bits per heavy atom. The molecule has 4 aromatic rings. The Balaban J connectivity index is 1.81. The molecule has 0 saturated carbocycles. The van der Waals surface area contributed by atoms with Crippen molar-refractivity contribution >= 4 is 39.1 Å². The van der Waals surface area contributed by atoms with E-state index < -0.39 is 28.5 Å². The Hall–Kier alpha value is -4.34. The van der Waals surface area contributed by atoms with Crippen molar-refractivity contribution in [2.45, 2.75) is 57.5 Å². The molecule has 0 aliphatic heterocycles. The van der Waals surface area contributed by atoms with Gasteiger partial charge in [-0.3, -0.25) is 13.9 Å². The highest BCUT2D eigenvalue weighted by molar-refractivity contribution is 7.92. The van der Waals surface area contributed by atoms with E-state index in [0.717, 1.165) is 39.4 Å². The molecule has 0 radical (unpaired) electrons. The molecule has 1 atom stereocenters. The average Bonchev–Trinajstić information content (AvgIpc) is 3.06. The third-order valence-corrected chi connectivity index (χ3v) is 9.97. The first-order valence-electron chi connectivity index (χ1n) is 15.6. The number of hydrogen-bond donors (Lipinski definition) is 1. The van der Waals surface area contributed by atoms with Crippen LogP contribution in [-0.4, -0.2) is 51.4 Å². The number of sulfonamides is 1. The summed E-state index contributed by atoms with van der Waals surface area (Å²) in [6.07, 6.45) is 1.93. The van der Waals surface area contributed by atoms with Crippen molar-refractivity contribution in [3.8, 4) is 5.75 Å². The number of benzene rings is 4. The van der Waals surface area contributed by atoms with Crippen LogP contribution in [0.25, 0.3) is 0 Å². The van der Waals surface area contributed by atoms with Crippen molar-refractivity contribution in [2.75, 3.05) is 24.5 Å². The zero-order valence-corrected chi connectivity index (χ0v) is 28.9. The molecule has 8 nitrogen and oxygen atoms in total. The number of anilines is 1. The maximum Gasteiger partial charge on any atom is 0.264 e. The summed E-state index contributed by atoms with van der Waals surface area (Å²) < 4.78 is 34.8. The average molecular weight is 676 g/mol. The predicted molar refractivity (Wildman–Crippen MR) is 187 cm³/mol. The first-order chi connectivity index (χ1) is 22.5. The van der Waals surface area contributed by atoms with Gasteiger partial charge in [0.1, 0.15) is 18.3 Å². The predicted octanol–water partition coefficient (Wildman–Crippen LogP) is 6.72. The highest BCUT2D eigenvalue weighted by atomic mass is 35.5. The van der Waals surface area contributed by atoms with Gasteiger partial charge in [-0.2, -0.15) is 0 Å². The SMILES string of the molecule is CCCCNC(=O)C(Cc1ccccc1)N(Cc1ccc(C)cc1)C(=O)CN(c1ccc(OC)c(Cl)c1)S(=O)(=O)c1ccc(C)cc1. The molecule has 0 heterocycles. The van der Waals surface area contributed by atoms with Gasteiger partial charge in [0.2, 0.25) is 11.8 Å². The summed E-state index contributed by atoms with van der Waals surface area (Å²) in [5, 5.41) is 3.19. The number of halogens is 1. The van der Waals surface area contributed by atoms with Gasteiger partial charge in [-0.05, 0) is 61.7 Å². The van der Waals surface area contributed by atoms with Crippen molar-refractivity contribution in [3.05, 3.63) is 124 Å². The van der Waals surface area contributed by atoms with Gasteiger partial charge in [0.25, 0.3) is 10.0 Å². The Morgan fingerprint density at radius 2 is 1.51 bits per heavy atom. The fraction of sp³-hybridized carbons (Fsp3) is 0.297. The van der Waals surface area contributed by atoms with Crippen LogP contribution in [0.15, 0.2) is 102 Å². The molecular weight excluding hydrogens is 634 g/mol. The molecule has 0 aromatic heterocycles. The van der Waals surface area contributed by atoms with E-state index >= 15 is 0 Å². The fourth-order valence-electron chi connectivity index (χ4n) is 5.13. The Bertz CT molecular complexity index is 1750. The normalized spacial score (nSPS) is 11.9. The fourth-order valence-corrected chi connectivity index (χ4v) is 6.78. The third-order valence-electron chi connectivity index (χ3n) is 7.89. The molecule has 0 bridgehead atoms. The zero-order valence-electron chi connectivity index (χ0n) is 27.3. The standard InChI is InChI=1S/C37H42ClN3O5S/c1-5-6-22-39-37(43)34(23-29-10-8-7-9-11-29)40(25-30-16-12-27(2)13-17-30)36(42)26-41(31-18-21-35(46-4)33(38)24-31)47(44,45)32-19-14-28(3)15-20-32/h7-21,24,34H,5-6,22-23,25-26H2,1-4H3,(H,39,43). The quantitative estimate of drug-likeness (QED) is 0.141. The highest BCUT2D eigenvalue weighted by Crippen LogP contribution is 2.32. The molecule has 47 heavy (non-hydrogen) atoms. The zero-order chi connectivity index (χ0) is 34.0. The monoisotopic (exact) mass is 675 g/mol. The van der Waals surface area contributed by atoms with Gasteiger partial charge >= 0.3 is 0 Å². The number of carbonyl (C=O) groups excluding carboxylic acids is 2. The lowest BCUT2D eigenvalue weighted by Gasteiger charge is -2.34. The molecule has 0 spiro atoms. The molecule has 1 N–H and O–H groups in total. The minimum atomic E-state index is -4.25. The number of amides is 2. The van der Waals surface area contributed by atoms with Crippen molar-refractivity contribution in [1.82, 2.24) is 10.2 Å². The van der Waals surface area contributed by atoms with Crippen LogP contribution >= 0.6 is 11.6 Å². The van der Waals surface area contributed by atoms with Gasteiger partial charge in [-0.1, -0.05) is 103 Å².